The molecule has 3 rings (SSSR count). The highest BCUT2D eigenvalue weighted by molar-refractivity contribution is 7.13. The molecule has 0 bridgehead atoms. The Kier molecular flexibility index (Phi) is 8.40. The van der Waals surface area contributed by atoms with Crippen molar-refractivity contribution in [2.45, 2.75) is 42.2 Å². The molecule has 0 radical (unpaired) electrons. The lowest BCUT2D eigenvalue weighted by molar-refractivity contribution is 0.415. The Morgan fingerprint density at radius 3 is 2.08 bits per heavy atom. The maximum Gasteiger partial charge on any atom is 0.131 e. The van der Waals surface area contributed by atoms with Crippen LogP contribution in [0.3, 0.4) is 0 Å². The Balaban J connectivity index is 0.00000176. The van der Waals surface area contributed by atoms with E-state index in [1.807, 2.05) is 30.3 Å². The third-order valence-electron chi connectivity index (χ3n) is 3.21. The van der Waals surface area contributed by atoms with Crippen LogP contribution in [0, 0.1) is 0 Å². The summed E-state index contributed by atoms with van der Waals surface area (Å²) in [7, 11) is 1.67. The molecule has 0 saturated heterocycles. The zero-order valence-corrected chi connectivity index (χ0v) is 13.1. The number of hydrogen-bond acceptors (Lipinski definition) is 4. The van der Waals surface area contributed by atoms with Gasteiger partial charge in [-0.05, 0) is 49.6 Å². The molecule has 0 spiro atoms. The quantitative estimate of drug-likeness (QED) is 0.566. The predicted molar refractivity (Wildman–Crippen MR) is 106 cm³/mol. The highest BCUT2D eigenvalue weighted by Crippen LogP contribution is 2.33. The molecule has 0 atom stereocenters. The van der Waals surface area contributed by atoms with Gasteiger partial charge in [0.1, 0.15) is 17.1 Å². The van der Waals surface area contributed by atoms with Crippen molar-refractivity contribution in [1.29, 1.82) is 0 Å². The van der Waals surface area contributed by atoms with E-state index in [1.165, 1.54) is 0 Å². The molecule has 0 aliphatic rings. The molecular formula is C19H29N3OS. The molecule has 5 heteroatoms. The van der Waals surface area contributed by atoms with E-state index in [2.05, 4.69) is 35.5 Å². The highest BCUT2D eigenvalue weighted by atomic mass is 32.1. The number of hydrogen-bond donors (Lipinski definition) is 0. The van der Waals surface area contributed by atoms with Crippen LogP contribution >= 0.6 is 11.3 Å². The van der Waals surface area contributed by atoms with Crippen LogP contribution in [0.4, 0.5) is 0 Å². The SMILES string of the molecule is C.C.C.COc1ccc(-c2nn(C(C)C)nc2-c2cccs2)cc1. The summed E-state index contributed by atoms with van der Waals surface area (Å²) in [6.07, 6.45) is 0. The minimum absolute atomic E-state index is 0. The first-order valence-corrected chi connectivity index (χ1v) is 7.72. The molecule has 2 heterocycles. The van der Waals surface area contributed by atoms with Gasteiger partial charge in [0.25, 0.3) is 0 Å². The Bertz CT molecular complexity index is 716. The van der Waals surface area contributed by atoms with E-state index in [4.69, 9.17) is 4.74 Å². The van der Waals surface area contributed by atoms with Crippen LogP contribution in [-0.4, -0.2) is 22.1 Å². The van der Waals surface area contributed by atoms with E-state index in [-0.39, 0.29) is 28.3 Å². The van der Waals surface area contributed by atoms with Crippen molar-refractivity contribution in [3.05, 3.63) is 41.8 Å². The molecule has 3 aromatic rings. The molecule has 1 aromatic carbocycles. The van der Waals surface area contributed by atoms with Crippen molar-refractivity contribution >= 4 is 11.3 Å². The van der Waals surface area contributed by atoms with Crippen molar-refractivity contribution in [2.75, 3.05) is 7.11 Å². The van der Waals surface area contributed by atoms with E-state index in [9.17, 15) is 0 Å². The van der Waals surface area contributed by atoms with Crippen molar-refractivity contribution in [1.82, 2.24) is 15.0 Å². The first-order chi connectivity index (χ1) is 10.2. The molecule has 0 N–H and O–H groups in total. The fourth-order valence-corrected chi connectivity index (χ4v) is 2.79. The largest absolute Gasteiger partial charge is 0.497 e. The zero-order valence-electron chi connectivity index (χ0n) is 12.3. The van der Waals surface area contributed by atoms with Gasteiger partial charge in [-0.3, -0.25) is 0 Å². The molecule has 0 unspecified atom stereocenters. The second-order valence-corrected chi connectivity index (χ2v) is 5.96. The van der Waals surface area contributed by atoms with Crippen LogP contribution in [0.2, 0.25) is 0 Å². The number of aromatic nitrogens is 3. The van der Waals surface area contributed by atoms with Crippen molar-refractivity contribution in [3.63, 3.8) is 0 Å². The fraction of sp³-hybridized carbons (Fsp3) is 0.368. The van der Waals surface area contributed by atoms with Gasteiger partial charge in [0, 0.05) is 5.56 Å². The Morgan fingerprint density at radius 1 is 0.958 bits per heavy atom. The van der Waals surface area contributed by atoms with Crippen LogP contribution < -0.4 is 4.74 Å². The zero-order chi connectivity index (χ0) is 14.8. The van der Waals surface area contributed by atoms with E-state index in [0.29, 0.717) is 0 Å². The van der Waals surface area contributed by atoms with E-state index in [0.717, 1.165) is 27.6 Å². The Hall–Kier alpha value is -2.14. The van der Waals surface area contributed by atoms with Gasteiger partial charge in [-0.25, -0.2) is 0 Å². The molecule has 0 saturated carbocycles. The van der Waals surface area contributed by atoms with Crippen LogP contribution in [0.5, 0.6) is 5.75 Å². The number of methoxy groups -OCH3 is 1. The summed E-state index contributed by atoms with van der Waals surface area (Å²) < 4.78 is 5.21. The maximum absolute atomic E-state index is 5.21. The van der Waals surface area contributed by atoms with Gasteiger partial charge < -0.3 is 4.74 Å². The first kappa shape index (κ1) is 21.9. The van der Waals surface area contributed by atoms with E-state index >= 15 is 0 Å². The average Bonchev–Trinajstić information content (AvgIpc) is 3.16. The van der Waals surface area contributed by atoms with Crippen LogP contribution in [0.15, 0.2) is 41.8 Å². The third kappa shape index (κ3) is 4.23. The maximum atomic E-state index is 5.21. The second kappa shape index (κ2) is 9.23. The molecular weight excluding hydrogens is 318 g/mol. The van der Waals surface area contributed by atoms with Crippen LogP contribution in [0.1, 0.15) is 42.2 Å². The summed E-state index contributed by atoms with van der Waals surface area (Å²) in [6.45, 7) is 4.16. The van der Waals surface area contributed by atoms with Crippen LogP contribution in [-0.2, 0) is 0 Å². The molecule has 0 aliphatic heterocycles. The first-order valence-electron chi connectivity index (χ1n) is 6.84. The molecule has 0 fully saturated rings. The summed E-state index contributed by atoms with van der Waals surface area (Å²) in [5.74, 6) is 0.840. The molecule has 24 heavy (non-hydrogen) atoms. The van der Waals surface area contributed by atoms with Gasteiger partial charge in [-0.2, -0.15) is 15.0 Å². The average molecular weight is 348 g/mol. The third-order valence-corrected chi connectivity index (χ3v) is 4.09. The molecule has 0 amide bonds. The van der Waals surface area contributed by atoms with Gasteiger partial charge in [-0.1, -0.05) is 28.3 Å². The lowest BCUT2D eigenvalue weighted by Crippen LogP contribution is -2.04. The fourth-order valence-electron chi connectivity index (χ4n) is 2.08. The van der Waals surface area contributed by atoms with Gasteiger partial charge in [0.15, 0.2) is 0 Å². The lowest BCUT2D eigenvalue weighted by Gasteiger charge is -2.02. The summed E-state index contributed by atoms with van der Waals surface area (Å²) in [6, 6.07) is 12.3. The van der Waals surface area contributed by atoms with Crippen molar-refractivity contribution < 1.29 is 4.74 Å². The van der Waals surface area contributed by atoms with Crippen molar-refractivity contribution in [2.24, 2.45) is 0 Å². The van der Waals surface area contributed by atoms with E-state index in [1.54, 1.807) is 23.2 Å². The minimum Gasteiger partial charge on any atom is -0.497 e. The molecule has 4 nitrogen and oxygen atoms in total. The Morgan fingerprint density at radius 2 is 1.58 bits per heavy atom. The van der Waals surface area contributed by atoms with Crippen molar-refractivity contribution in [3.8, 4) is 27.6 Å². The predicted octanol–water partition coefficient (Wildman–Crippen LogP) is 6.17. The Labute approximate surface area is 150 Å². The number of ether oxygens (including phenoxy) is 1. The number of nitrogens with zero attached hydrogens (tertiary/aromatic N) is 3. The van der Waals surface area contributed by atoms with Crippen LogP contribution in [0.25, 0.3) is 21.8 Å². The monoisotopic (exact) mass is 347 g/mol. The molecule has 0 aliphatic carbocycles. The highest BCUT2D eigenvalue weighted by Gasteiger charge is 2.17. The molecule has 2 aromatic heterocycles. The number of benzene rings is 1. The number of rotatable bonds is 4. The van der Waals surface area contributed by atoms with Gasteiger partial charge >= 0.3 is 0 Å². The minimum atomic E-state index is 0. The standard InChI is InChI=1S/C16H17N3OS.3CH4/c1-11(2)19-17-15(12-6-8-13(20-3)9-7-12)16(18-19)14-5-4-10-21-14;;;/h4-11H,1-3H3;3*1H4. The van der Waals surface area contributed by atoms with Gasteiger partial charge in [0.05, 0.1) is 18.0 Å². The normalized spacial score (nSPS) is 9.67. The molecule has 132 valence electrons. The smallest absolute Gasteiger partial charge is 0.131 e. The second-order valence-electron chi connectivity index (χ2n) is 5.02. The number of thiophene rings is 1. The summed E-state index contributed by atoms with van der Waals surface area (Å²) in [5.41, 5.74) is 2.89. The topological polar surface area (TPSA) is 39.9 Å². The summed E-state index contributed by atoms with van der Waals surface area (Å²) in [5, 5.41) is 11.4. The van der Waals surface area contributed by atoms with E-state index < -0.39 is 0 Å². The summed E-state index contributed by atoms with van der Waals surface area (Å²) in [4.78, 5) is 2.90. The summed E-state index contributed by atoms with van der Waals surface area (Å²) >= 11 is 1.68. The lowest BCUT2D eigenvalue weighted by atomic mass is 10.1. The van der Waals surface area contributed by atoms with Gasteiger partial charge in [-0.15, -0.1) is 11.3 Å². The van der Waals surface area contributed by atoms with Gasteiger partial charge in [0.2, 0.25) is 0 Å².